The first-order valence-corrected chi connectivity index (χ1v) is 7.98. The normalized spacial score (nSPS) is 14.4. The largest absolute Gasteiger partial charge is 0.493 e. The second-order valence-electron chi connectivity index (χ2n) is 5.55. The molecule has 3 rings (SSSR count). The van der Waals surface area contributed by atoms with Crippen molar-refractivity contribution < 1.29 is 9.90 Å². The van der Waals surface area contributed by atoms with E-state index in [0.29, 0.717) is 27.7 Å². The summed E-state index contributed by atoms with van der Waals surface area (Å²) in [5, 5.41) is 15.4. The van der Waals surface area contributed by atoms with Crippen molar-refractivity contribution in [3.05, 3.63) is 44.6 Å². The van der Waals surface area contributed by atoms with Gasteiger partial charge in [-0.25, -0.2) is 4.68 Å². The summed E-state index contributed by atoms with van der Waals surface area (Å²) in [6, 6.07) is 3.28. The number of aryl methyl sites for hydroxylation is 1. The van der Waals surface area contributed by atoms with Crippen molar-refractivity contribution in [2.45, 2.75) is 32.1 Å². The van der Waals surface area contributed by atoms with Gasteiger partial charge in [-0.1, -0.05) is 30.1 Å². The number of nitrogens with zero attached hydrogens (tertiary/aromatic N) is 2. The average molecular weight is 339 g/mol. The van der Waals surface area contributed by atoms with Gasteiger partial charge in [-0.2, -0.15) is 5.10 Å². The number of rotatable bonds is 4. The van der Waals surface area contributed by atoms with Gasteiger partial charge in [0, 0.05) is 23.6 Å². The average Bonchev–Trinajstić information content (AvgIpc) is 3.27. The van der Waals surface area contributed by atoms with Gasteiger partial charge in [-0.15, -0.1) is 0 Å². The zero-order valence-electron chi connectivity index (χ0n) is 12.4. The fraction of sp³-hybridized carbons (Fsp3) is 0.375. The lowest BCUT2D eigenvalue weighted by Crippen LogP contribution is -2.06. The summed E-state index contributed by atoms with van der Waals surface area (Å²) in [5.74, 6) is -0.164. The highest BCUT2D eigenvalue weighted by Gasteiger charge is 2.35. The van der Waals surface area contributed by atoms with Gasteiger partial charge in [0.05, 0.1) is 10.7 Å². The second kappa shape index (κ2) is 5.60. The predicted octanol–water partition coefficient (Wildman–Crippen LogP) is 4.10. The van der Waals surface area contributed by atoms with E-state index < -0.39 is 0 Å². The first-order valence-electron chi connectivity index (χ1n) is 7.23. The van der Waals surface area contributed by atoms with Crippen LogP contribution in [0.25, 0.3) is 0 Å². The molecule has 0 amide bonds. The Morgan fingerprint density at radius 1 is 1.41 bits per heavy atom. The maximum atomic E-state index is 12.9. The molecule has 1 aliphatic carbocycles. The first-order chi connectivity index (χ1) is 10.5. The van der Waals surface area contributed by atoms with Crippen molar-refractivity contribution in [3.8, 4) is 5.88 Å². The summed E-state index contributed by atoms with van der Waals surface area (Å²) in [6.45, 7) is 1.93. The molecule has 0 atom stereocenters. The maximum absolute atomic E-state index is 12.9. The van der Waals surface area contributed by atoms with Crippen molar-refractivity contribution in [2.75, 3.05) is 0 Å². The molecule has 0 radical (unpaired) electrons. The molecule has 0 aliphatic heterocycles. The molecular weight excluding hydrogens is 323 g/mol. The monoisotopic (exact) mass is 338 g/mol. The Kier molecular flexibility index (Phi) is 3.91. The van der Waals surface area contributed by atoms with Crippen LogP contribution in [0.15, 0.2) is 12.1 Å². The molecule has 22 heavy (non-hydrogen) atoms. The molecule has 4 nitrogen and oxygen atoms in total. The van der Waals surface area contributed by atoms with E-state index in [1.165, 1.54) is 4.68 Å². The number of hydrogen-bond donors (Lipinski definition) is 1. The Bertz CT molecular complexity index is 764. The fourth-order valence-corrected chi connectivity index (χ4v) is 3.35. The third-order valence-electron chi connectivity index (χ3n) is 4.02. The molecule has 1 aromatic carbocycles. The highest BCUT2D eigenvalue weighted by atomic mass is 35.5. The second-order valence-corrected chi connectivity index (χ2v) is 6.34. The van der Waals surface area contributed by atoms with Crippen LogP contribution in [-0.4, -0.2) is 20.7 Å². The number of halogens is 2. The van der Waals surface area contributed by atoms with Crippen molar-refractivity contribution in [1.82, 2.24) is 9.78 Å². The van der Waals surface area contributed by atoms with Crippen LogP contribution < -0.4 is 0 Å². The van der Waals surface area contributed by atoms with E-state index in [2.05, 4.69) is 5.10 Å². The lowest BCUT2D eigenvalue weighted by Gasteiger charge is -2.10. The topological polar surface area (TPSA) is 55.1 Å². The zero-order chi connectivity index (χ0) is 16.0. The lowest BCUT2D eigenvalue weighted by molar-refractivity contribution is 0.103. The van der Waals surface area contributed by atoms with Crippen molar-refractivity contribution in [2.24, 2.45) is 7.05 Å². The van der Waals surface area contributed by atoms with Crippen LogP contribution in [0.2, 0.25) is 10.0 Å². The summed E-state index contributed by atoms with van der Waals surface area (Å²) < 4.78 is 1.34. The Hall–Kier alpha value is -1.52. The summed E-state index contributed by atoms with van der Waals surface area (Å²) in [7, 11) is 1.62. The Labute approximate surface area is 138 Å². The van der Waals surface area contributed by atoms with Gasteiger partial charge in [0.25, 0.3) is 0 Å². The molecule has 1 aliphatic rings. The minimum Gasteiger partial charge on any atom is -0.493 e. The minimum absolute atomic E-state index is 0.115. The van der Waals surface area contributed by atoms with E-state index in [1.807, 2.05) is 6.92 Å². The van der Waals surface area contributed by atoms with Crippen molar-refractivity contribution >= 4 is 29.0 Å². The molecule has 6 heteroatoms. The summed E-state index contributed by atoms with van der Waals surface area (Å²) in [6.07, 6.45) is 2.61. The maximum Gasteiger partial charge on any atom is 0.220 e. The SMILES string of the molecule is CCc1c(Cl)ccc(C(=O)c2c(C3CC3)nn(C)c2O)c1Cl. The third-order valence-corrected chi connectivity index (χ3v) is 4.81. The van der Waals surface area contributed by atoms with E-state index in [-0.39, 0.29) is 23.1 Å². The molecule has 2 aromatic rings. The van der Waals surface area contributed by atoms with Crippen LogP contribution in [0.3, 0.4) is 0 Å². The molecular formula is C16H16Cl2N2O2. The molecule has 0 unspecified atom stereocenters. The van der Waals surface area contributed by atoms with E-state index in [1.54, 1.807) is 19.2 Å². The summed E-state index contributed by atoms with van der Waals surface area (Å²) in [5.41, 5.74) is 2.02. The lowest BCUT2D eigenvalue weighted by atomic mass is 9.99. The van der Waals surface area contributed by atoms with Gasteiger partial charge in [0.1, 0.15) is 5.56 Å². The third kappa shape index (κ3) is 2.40. The van der Waals surface area contributed by atoms with Crippen molar-refractivity contribution in [1.29, 1.82) is 0 Å². The number of aromatic hydroxyl groups is 1. The quantitative estimate of drug-likeness (QED) is 0.853. The molecule has 1 heterocycles. The van der Waals surface area contributed by atoms with Gasteiger partial charge in [0.2, 0.25) is 11.7 Å². The van der Waals surface area contributed by atoms with Crippen LogP contribution in [0, 0.1) is 0 Å². The molecule has 0 bridgehead atoms. The summed E-state index contributed by atoms with van der Waals surface area (Å²) in [4.78, 5) is 12.9. The van der Waals surface area contributed by atoms with E-state index in [0.717, 1.165) is 18.4 Å². The van der Waals surface area contributed by atoms with Gasteiger partial charge in [-0.05, 0) is 37.0 Å². The Balaban J connectivity index is 2.13. The Morgan fingerprint density at radius 2 is 2.09 bits per heavy atom. The molecule has 1 saturated carbocycles. The first kappa shape index (κ1) is 15.4. The van der Waals surface area contributed by atoms with Gasteiger partial charge < -0.3 is 5.11 Å². The van der Waals surface area contributed by atoms with E-state index in [9.17, 15) is 9.90 Å². The number of ketones is 1. The number of hydrogen-bond acceptors (Lipinski definition) is 3. The highest BCUT2D eigenvalue weighted by Crippen LogP contribution is 2.44. The smallest absolute Gasteiger partial charge is 0.220 e. The van der Waals surface area contributed by atoms with Crippen LogP contribution in [-0.2, 0) is 13.5 Å². The van der Waals surface area contributed by atoms with Crippen LogP contribution in [0.4, 0.5) is 0 Å². The van der Waals surface area contributed by atoms with Crippen molar-refractivity contribution in [3.63, 3.8) is 0 Å². The molecule has 0 saturated heterocycles. The number of aromatic nitrogens is 2. The van der Waals surface area contributed by atoms with E-state index in [4.69, 9.17) is 23.2 Å². The standard InChI is InChI=1S/C16H16Cl2N2O2/c1-3-9-11(17)7-6-10(13(9)18)15(21)12-14(8-4-5-8)19-20(2)16(12)22/h6-8,22H,3-5H2,1-2H3. The number of benzene rings is 1. The number of carbonyl (C=O) groups is 1. The van der Waals surface area contributed by atoms with E-state index >= 15 is 0 Å². The molecule has 1 aromatic heterocycles. The fourth-order valence-electron chi connectivity index (χ4n) is 2.63. The highest BCUT2D eigenvalue weighted by molar-refractivity contribution is 6.39. The molecule has 1 N–H and O–H groups in total. The molecule has 0 spiro atoms. The van der Waals surface area contributed by atoms with Gasteiger partial charge >= 0.3 is 0 Å². The van der Waals surface area contributed by atoms with Gasteiger partial charge in [-0.3, -0.25) is 4.79 Å². The predicted molar refractivity (Wildman–Crippen MR) is 86.1 cm³/mol. The van der Waals surface area contributed by atoms with Gasteiger partial charge in [0.15, 0.2) is 0 Å². The van der Waals surface area contributed by atoms with Crippen LogP contribution in [0.5, 0.6) is 5.88 Å². The molecule has 116 valence electrons. The van der Waals surface area contributed by atoms with Crippen LogP contribution >= 0.6 is 23.2 Å². The molecule has 1 fully saturated rings. The number of carbonyl (C=O) groups excluding carboxylic acids is 1. The minimum atomic E-state index is -0.302. The van der Waals surface area contributed by atoms with Crippen LogP contribution in [0.1, 0.15) is 52.9 Å². The zero-order valence-corrected chi connectivity index (χ0v) is 13.9. The Morgan fingerprint density at radius 3 is 2.68 bits per heavy atom. The summed E-state index contributed by atoms with van der Waals surface area (Å²) >= 11 is 12.5.